The average Bonchev–Trinajstić information content (AvgIpc) is 3.67. The summed E-state index contributed by atoms with van der Waals surface area (Å²) in [5, 5.41) is 15.1. The first-order valence-electron chi connectivity index (χ1n) is 12.3. The van der Waals surface area contributed by atoms with E-state index in [-0.39, 0.29) is 18.3 Å². The fourth-order valence-corrected chi connectivity index (χ4v) is 5.67. The smallest absolute Gasteiger partial charge is 0.335 e. The van der Waals surface area contributed by atoms with E-state index in [9.17, 15) is 9.90 Å². The quantitative estimate of drug-likeness (QED) is 0.240. The Kier molecular flexibility index (Phi) is 6.72. The molecule has 38 heavy (non-hydrogen) atoms. The minimum Gasteiger partial charge on any atom is -0.489 e. The van der Waals surface area contributed by atoms with E-state index in [1.807, 2.05) is 12.1 Å². The van der Waals surface area contributed by atoms with E-state index in [0.717, 1.165) is 35.3 Å². The standard InChI is InChI=1S/C29H22Cl3NO5/c30-21-2-1-3-22(31)26(21)27-20(28(38-33-27)15-4-5-15)14-36-18-8-9-19(23(32)13-18)25-11-6-16-12-17(29(34)35)7-10-24(16)37-25/h1-3,7-10,12-13,15,25H,4-6,11,14H2,(H,34,35). The molecule has 1 saturated carbocycles. The van der Waals surface area contributed by atoms with Crippen LogP contribution in [0.1, 0.15) is 64.1 Å². The summed E-state index contributed by atoms with van der Waals surface area (Å²) in [4.78, 5) is 11.3. The molecular weight excluding hydrogens is 549 g/mol. The van der Waals surface area contributed by atoms with Gasteiger partial charge < -0.3 is 19.1 Å². The molecule has 1 N–H and O–H groups in total. The van der Waals surface area contributed by atoms with Gasteiger partial charge in [-0.1, -0.05) is 52.1 Å². The Balaban J connectivity index is 1.21. The number of hydrogen-bond donors (Lipinski definition) is 1. The molecule has 0 bridgehead atoms. The summed E-state index contributed by atoms with van der Waals surface area (Å²) in [6, 6.07) is 15.8. The molecule has 1 aliphatic heterocycles. The van der Waals surface area contributed by atoms with E-state index in [1.165, 1.54) is 0 Å². The first kappa shape index (κ1) is 25.1. The van der Waals surface area contributed by atoms with E-state index in [2.05, 4.69) is 5.16 Å². The highest BCUT2D eigenvalue weighted by atomic mass is 35.5. The van der Waals surface area contributed by atoms with Gasteiger partial charge in [-0.25, -0.2) is 4.79 Å². The SMILES string of the molecule is O=C(O)c1ccc2c(c1)CCC(c1ccc(OCc3c(-c4c(Cl)cccc4Cl)noc3C3CC3)cc1Cl)O2. The zero-order valence-corrected chi connectivity index (χ0v) is 22.3. The highest BCUT2D eigenvalue weighted by Crippen LogP contribution is 2.46. The molecule has 2 aliphatic rings. The second-order valence-electron chi connectivity index (χ2n) is 9.49. The van der Waals surface area contributed by atoms with Crippen molar-refractivity contribution in [2.45, 2.75) is 44.3 Å². The highest BCUT2D eigenvalue weighted by molar-refractivity contribution is 6.39. The Morgan fingerprint density at radius 2 is 1.79 bits per heavy atom. The van der Waals surface area contributed by atoms with Crippen molar-refractivity contribution in [3.8, 4) is 22.8 Å². The second-order valence-corrected chi connectivity index (χ2v) is 10.7. The first-order chi connectivity index (χ1) is 18.4. The molecule has 1 unspecified atom stereocenters. The Hall–Kier alpha value is -3.19. The van der Waals surface area contributed by atoms with Crippen LogP contribution in [-0.2, 0) is 13.0 Å². The molecule has 6 rings (SSSR count). The molecule has 194 valence electrons. The van der Waals surface area contributed by atoms with Crippen LogP contribution in [0.15, 0.2) is 59.1 Å². The monoisotopic (exact) mass is 569 g/mol. The molecule has 1 aliphatic carbocycles. The summed E-state index contributed by atoms with van der Waals surface area (Å²) in [6.07, 6.45) is 3.22. The zero-order chi connectivity index (χ0) is 26.4. The zero-order valence-electron chi connectivity index (χ0n) is 20.0. The van der Waals surface area contributed by atoms with Crippen molar-refractivity contribution >= 4 is 40.8 Å². The third-order valence-electron chi connectivity index (χ3n) is 6.92. The third kappa shape index (κ3) is 4.84. The number of halogens is 3. The maximum Gasteiger partial charge on any atom is 0.335 e. The van der Waals surface area contributed by atoms with Gasteiger partial charge in [-0.05, 0) is 73.7 Å². The highest BCUT2D eigenvalue weighted by Gasteiger charge is 2.34. The fourth-order valence-electron chi connectivity index (χ4n) is 4.80. The lowest BCUT2D eigenvalue weighted by molar-refractivity contribution is 0.0696. The number of aryl methyl sites for hydroxylation is 1. The van der Waals surface area contributed by atoms with Crippen molar-refractivity contribution in [2.24, 2.45) is 0 Å². The van der Waals surface area contributed by atoms with Crippen molar-refractivity contribution in [3.63, 3.8) is 0 Å². The van der Waals surface area contributed by atoms with Crippen molar-refractivity contribution in [2.75, 3.05) is 0 Å². The van der Waals surface area contributed by atoms with Crippen molar-refractivity contribution in [1.29, 1.82) is 0 Å². The van der Waals surface area contributed by atoms with Crippen molar-refractivity contribution < 1.29 is 23.9 Å². The van der Waals surface area contributed by atoms with E-state index in [0.29, 0.717) is 56.6 Å². The van der Waals surface area contributed by atoms with Gasteiger partial charge >= 0.3 is 5.97 Å². The lowest BCUT2D eigenvalue weighted by Crippen LogP contribution is -2.16. The van der Waals surface area contributed by atoms with Crippen LogP contribution in [-0.4, -0.2) is 16.2 Å². The maximum atomic E-state index is 11.3. The van der Waals surface area contributed by atoms with E-state index in [1.54, 1.807) is 42.5 Å². The fraction of sp³-hybridized carbons (Fsp3) is 0.241. The number of aromatic nitrogens is 1. The topological polar surface area (TPSA) is 81.8 Å². The number of rotatable bonds is 7. The van der Waals surface area contributed by atoms with Gasteiger partial charge in [0.1, 0.15) is 35.7 Å². The summed E-state index contributed by atoms with van der Waals surface area (Å²) >= 11 is 19.6. The first-order valence-corrected chi connectivity index (χ1v) is 13.4. The number of carboxylic acid groups (broad SMARTS) is 1. The van der Waals surface area contributed by atoms with Gasteiger partial charge in [0.15, 0.2) is 0 Å². The number of fused-ring (bicyclic) bond motifs is 1. The van der Waals surface area contributed by atoms with Gasteiger partial charge in [-0.2, -0.15) is 0 Å². The molecule has 2 heterocycles. The number of carboxylic acids is 1. The van der Waals surface area contributed by atoms with Gasteiger partial charge in [0.05, 0.1) is 26.2 Å². The normalized spacial score (nSPS) is 16.6. The van der Waals surface area contributed by atoms with Gasteiger partial charge in [0, 0.05) is 17.0 Å². The molecular formula is C29H22Cl3NO5. The molecule has 1 fully saturated rings. The number of aromatic carboxylic acids is 1. The van der Waals surface area contributed by atoms with Crippen LogP contribution in [0.2, 0.25) is 15.1 Å². The predicted octanol–water partition coefficient (Wildman–Crippen LogP) is 8.52. The summed E-state index contributed by atoms with van der Waals surface area (Å²) < 4.78 is 18.0. The number of nitrogens with zero attached hydrogens (tertiary/aromatic N) is 1. The van der Waals surface area contributed by atoms with Gasteiger partial charge in [-0.15, -0.1) is 0 Å². The Bertz CT molecular complexity index is 1530. The average molecular weight is 571 g/mol. The van der Waals surface area contributed by atoms with Crippen molar-refractivity contribution in [1.82, 2.24) is 5.16 Å². The summed E-state index contributed by atoms with van der Waals surface area (Å²) in [5.74, 6) is 1.44. The number of carbonyl (C=O) groups is 1. The largest absolute Gasteiger partial charge is 0.489 e. The van der Waals surface area contributed by atoms with Crippen LogP contribution in [0.25, 0.3) is 11.3 Å². The van der Waals surface area contributed by atoms with Crippen LogP contribution in [0, 0.1) is 0 Å². The molecule has 1 atom stereocenters. The summed E-state index contributed by atoms with van der Waals surface area (Å²) in [7, 11) is 0. The molecule has 9 heteroatoms. The number of benzene rings is 3. The van der Waals surface area contributed by atoms with E-state index >= 15 is 0 Å². The molecule has 1 aromatic heterocycles. The second kappa shape index (κ2) is 10.2. The Morgan fingerprint density at radius 3 is 2.50 bits per heavy atom. The number of hydrogen-bond acceptors (Lipinski definition) is 5. The van der Waals surface area contributed by atoms with Gasteiger partial charge in [0.2, 0.25) is 0 Å². The minimum atomic E-state index is -0.953. The van der Waals surface area contributed by atoms with Crippen LogP contribution in [0.5, 0.6) is 11.5 Å². The Labute approximate surface area is 234 Å². The van der Waals surface area contributed by atoms with Gasteiger partial charge in [0.25, 0.3) is 0 Å². The summed E-state index contributed by atoms with van der Waals surface area (Å²) in [6.45, 7) is 0.223. The lowest BCUT2D eigenvalue weighted by atomic mass is 9.96. The number of ether oxygens (including phenoxy) is 2. The summed E-state index contributed by atoms with van der Waals surface area (Å²) in [5.41, 5.74) is 4.03. The molecule has 0 amide bonds. The minimum absolute atomic E-state index is 0.223. The molecule has 6 nitrogen and oxygen atoms in total. The molecule has 3 aromatic carbocycles. The molecule has 0 saturated heterocycles. The van der Waals surface area contributed by atoms with Crippen LogP contribution in [0.3, 0.4) is 0 Å². The van der Waals surface area contributed by atoms with E-state index < -0.39 is 5.97 Å². The van der Waals surface area contributed by atoms with Crippen LogP contribution < -0.4 is 9.47 Å². The van der Waals surface area contributed by atoms with Crippen LogP contribution in [0.4, 0.5) is 0 Å². The lowest BCUT2D eigenvalue weighted by Gasteiger charge is -2.27. The molecule has 4 aromatic rings. The van der Waals surface area contributed by atoms with Crippen molar-refractivity contribution in [3.05, 3.63) is 97.7 Å². The predicted molar refractivity (Wildman–Crippen MR) is 145 cm³/mol. The molecule has 0 spiro atoms. The van der Waals surface area contributed by atoms with Crippen LogP contribution >= 0.6 is 34.8 Å². The van der Waals surface area contributed by atoms with Gasteiger partial charge in [-0.3, -0.25) is 0 Å². The molecule has 0 radical (unpaired) electrons. The van der Waals surface area contributed by atoms with E-state index in [4.69, 9.17) is 48.8 Å². The Morgan fingerprint density at radius 1 is 1.00 bits per heavy atom. The maximum absolute atomic E-state index is 11.3. The third-order valence-corrected chi connectivity index (χ3v) is 7.88.